The highest BCUT2D eigenvalue weighted by molar-refractivity contribution is 8.17. The highest BCUT2D eigenvalue weighted by Gasteiger charge is 2.19. The summed E-state index contributed by atoms with van der Waals surface area (Å²) in [6.07, 6.45) is 2.18. The average Bonchev–Trinajstić information content (AvgIpc) is 2.96. The smallest absolute Gasteiger partial charge is 0.267 e. The molecule has 0 radical (unpaired) electrons. The van der Waals surface area contributed by atoms with Crippen molar-refractivity contribution in [1.29, 1.82) is 5.26 Å². The van der Waals surface area contributed by atoms with E-state index in [4.69, 9.17) is 0 Å². The van der Waals surface area contributed by atoms with Crippen LogP contribution in [0.15, 0.2) is 52.5 Å². The van der Waals surface area contributed by atoms with Crippen molar-refractivity contribution in [3.8, 4) is 6.07 Å². The normalized spacial score (nSPS) is 18.3. The number of thioether (sulfide) groups is 1. The molecule has 0 saturated carbocycles. The summed E-state index contributed by atoms with van der Waals surface area (Å²) in [5.74, 6) is -0.0925. The van der Waals surface area contributed by atoms with E-state index < -0.39 is 10.1 Å². The standard InChI is InChI=1S/C15H14N2O3S2/c1-2-10-22(18,19)20-17-15-13(8-9-21-15)14(11-16)12-6-4-3-5-7-12/h3-9H,2,10H2,1H3. The molecule has 0 fully saturated rings. The number of hydrogen-bond donors (Lipinski definition) is 0. The van der Waals surface area contributed by atoms with E-state index in [1.807, 2.05) is 30.3 Å². The first-order valence-electron chi connectivity index (χ1n) is 6.60. The Morgan fingerprint density at radius 1 is 1.36 bits per heavy atom. The minimum Gasteiger partial charge on any atom is -0.267 e. The summed E-state index contributed by atoms with van der Waals surface area (Å²) in [5, 5.41) is 15.2. The van der Waals surface area contributed by atoms with Crippen molar-refractivity contribution < 1.29 is 12.7 Å². The number of oxime groups is 1. The van der Waals surface area contributed by atoms with E-state index in [-0.39, 0.29) is 5.75 Å². The Morgan fingerprint density at radius 2 is 2.09 bits per heavy atom. The van der Waals surface area contributed by atoms with Crippen LogP contribution in [0.25, 0.3) is 5.57 Å². The number of benzene rings is 1. The lowest BCUT2D eigenvalue weighted by Crippen LogP contribution is -2.08. The Labute approximate surface area is 134 Å². The van der Waals surface area contributed by atoms with Crippen LogP contribution in [0.5, 0.6) is 0 Å². The van der Waals surface area contributed by atoms with Gasteiger partial charge in [-0.15, -0.1) is 0 Å². The molecule has 1 aromatic rings. The van der Waals surface area contributed by atoms with Gasteiger partial charge in [0.25, 0.3) is 0 Å². The third-order valence-corrected chi connectivity index (χ3v) is 4.78. The van der Waals surface area contributed by atoms with Crippen LogP contribution in [0.3, 0.4) is 0 Å². The zero-order chi connectivity index (χ0) is 16.0. The Hall–Kier alpha value is -2.04. The summed E-state index contributed by atoms with van der Waals surface area (Å²) in [4.78, 5) is 0. The molecule has 22 heavy (non-hydrogen) atoms. The average molecular weight is 334 g/mol. The molecule has 2 rings (SSSR count). The summed E-state index contributed by atoms with van der Waals surface area (Å²) in [7, 11) is -3.67. The Balaban J connectivity index is 2.35. The van der Waals surface area contributed by atoms with Gasteiger partial charge in [-0.1, -0.05) is 54.2 Å². The summed E-state index contributed by atoms with van der Waals surface area (Å²) >= 11 is 1.22. The summed E-state index contributed by atoms with van der Waals surface area (Å²) < 4.78 is 27.8. The predicted octanol–water partition coefficient (Wildman–Crippen LogP) is 3.29. The predicted molar refractivity (Wildman–Crippen MR) is 88.3 cm³/mol. The van der Waals surface area contributed by atoms with Crippen LogP contribution in [0.4, 0.5) is 0 Å². The minimum absolute atomic E-state index is 0.0925. The topological polar surface area (TPSA) is 79.5 Å². The largest absolute Gasteiger partial charge is 0.328 e. The summed E-state index contributed by atoms with van der Waals surface area (Å²) in [6, 6.07) is 11.3. The van der Waals surface area contributed by atoms with Gasteiger partial charge in [0, 0.05) is 5.57 Å². The molecule has 0 spiro atoms. The zero-order valence-corrected chi connectivity index (χ0v) is 13.5. The van der Waals surface area contributed by atoms with E-state index in [0.717, 1.165) is 5.56 Å². The number of hydrogen-bond acceptors (Lipinski definition) is 6. The lowest BCUT2D eigenvalue weighted by atomic mass is 10.0. The van der Waals surface area contributed by atoms with Gasteiger partial charge >= 0.3 is 10.1 Å². The van der Waals surface area contributed by atoms with Crippen LogP contribution < -0.4 is 0 Å². The number of nitriles is 1. The molecule has 0 amide bonds. The Morgan fingerprint density at radius 3 is 2.73 bits per heavy atom. The summed E-state index contributed by atoms with van der Waals surface area (Å²) in [6.45, 7) is 1.74. The van der Waals surface area contributed by atoms with E-state index in [9.17, 15) is 13.7 Å². The van der Waals surface area contributed by atoms with Crippen LogP contribution in [0.2, 0.25) is 0 Å². The van der Waals surface area contributed by atoms with Crippen molar-refractivity contribution in [2.75, 3.05) is 5.75 Å². The number of rotatable bonds is 5. The van der Waals surface area contributed by atoms with E-state index in [1.165, 1.54) is 11.8 Å². The molecule has 0 bridgehead atoms. The van der Waals surface area contributed by atoms with Crippen LogP contribution >= 0.6 is 11.8 Å². The molecule has 0 atom stereocenters. The molecular weight excluding hydrogens is 320 g/mol. The maximum Gasteiger partial charge on any atom is 0.328 e. The van der Waals surface area contributed by atoms with Gasteiger partial charge in [0.1, 0.15) is 11.1 Å². The first kappa shape index (κ1) is 16.3. The quantitative estimate of drug-likeness (QED) is 0.610. The molecular formula is C15H14N2O3S2. The van der Waals surface area contributed by atoms with E-state index >= 15 is 0 Å². The monoisotopic (exact) mass is 334 g/mol. The van der Waals surface area contributed by atoms with Crippen molar-refractivity contribution in [3.63, 3.8) is 0 Å². The first-order valence-corrected chi connectivity index (χ1v) is 9.06. The molecule has 0 aliphatic carbocycles. The van der Waals surface area contributed by atoms with Gasteiger partial charge in [-0.3, -0.25) is 4.28 Å². The van der Waals surface area contributed by atoms with Gasteiger partial charge in [0.2, 0.25) is 0 Å². The highest BCUT2D eigenvalue weighted by atomic mass is 32.2. The molecule has 114 valence electrons. The molecule has 1 heterocycles. The molecule has 1 aromatic carbocycles. The second-order valence-electron chi connectivity index (χ2n) is 4.42. The van der Waals surface area contributed by atoms with Crippen molar-refractivity contribution >= 4 is 32.5 Å². The zero-order valence-electron chi connectivity index (χ0n) is 11.9. The van der Waals surface area contributed by atoms with Crippen molar-refractivity contribution in [3.05, 3.63) is 53.0 Å². The fourth-order valence-corrected chi connectivity index (χ4v) is 3.35. The maximum absolute atomic E-state index is 11.6. The molecule has 5 nitrogen and oxygen atoms in total. The second-order valence-corrected chi connectivity index (χ2v) is 6.99. The van der Waals surface area contributed by atoms with Crippen LogP contribution in [0, 0.1) is 11.3 Å². The van der Waals surface area contributed by atoms with Gasteiger partial charge in [0.05, 0.1) is 11.3 Å². The van der Waals surface area contributed by atoms with Gasteiger partial charge in [-0.2, -0.15) is 13.7 Å². The molecule has 0 N–H and O–H groups in total. The van der Waals surface area contributed by atoms with Crippen LogP contribution in [0.1, 0.15) is 18.9 Å². The Bertz CT molecular complexity index is 773. The molecule has 1 aliphatic heterocycles. The molecule has 1 aliphatic rings. The molecule has 0 saturated heterocycles. The van der Waals surface area contributed by atoms with Gasteiger partial charge in [0.15, 0.2) is 0 Å². The van der Waals surface area contributed by atoms with Gasteiger partial charge < -0.3 is 0 Å². The fourth-order valence-electron chi connectivity index (χ4n) is 1.83. The first-order chi connectivity index (χ1) is 10.6. The van der Waals surface area contributed by atoms with Gasteiger partial charge in [-0.05, 0) is 23.5 Å². The summed E-state index contributed by atoms with van der Waals surface area (Å²) in [5.41, 5.74) is 1.73. The molecule has 7 heteroatoms. The molecule has 0 aromatic heterocycles. The Kier molecular flexibility index (Phi) is 5.41. The highest BCUT2D eigenvalue weighted by Crippen LogP contribution is 2.30. The van der Waals surface area contributed by atoms with Crippen molar-refractivity contribution in [1.82, 2.24) is 0 Å². The number of allylic oxidation sites excluding steroid dienone is 2. The lowest BCUT2D eigenvalue weighted by molar-refractivity contribution is 0.340. The molecule has 0 unspecified atom stereocenters. The van der Waals surface area contributed by atoms with Gasteiger partial charge in [-0.25, -0.2) is 0 Å². The van der Waals surface area contributed by atoms with E-state index in [0.29, 0.717) is 22.6 Å². The van der Waals surface area contributed by atoms with Crippen LogP contribution in [-0.4, -0.2) is 19.2 Å². The lowest BCUT2D eigenvalue weighted by Gasteiger charge is -2.05. The third kappa shape index (κ3) is 4.00. The number of nitrogens with zero attached hydrogens (tertiary/aromatic N) is 2. The SMILES string of the molecule is CCCS(=O)(=O)ON=C1SC=CC1=C(C#N)c1ccccc1. The van der Waals surface area contributed by atoms with Crippen LogP contribution in [-0.2, 0) is 14.4 Å². The minimum atomic E-state index is -3.67. The van der Waals surface area contributed by atoms with Crippen molar-refractivity contribution in [2.45, 2.75) is 13.3 Å². The maximum atomic E-state index is 11.6. The van der Waals surface area contributed by atoms with Crippen molar-refractivity contribution in [2.24, 2.45) is 5.16 Å². The third-order valence-electron chi connectivity index (χ3n) is 2.78. The fraction of sp³-hybridized carbons (Fsp3) is 0.200. The second kappa shape index (κ2) is 7.29. The van der Waals surface area contributed by atoms with E-state index in [2.05, 4.69) is 15.5 Å². The van der Waals surface area contributed by atoms with E-state index in [1.54, 1.807) is 18.4 Å².